The fraction of sp³-hybridized carbons (Fsp3) is 0.571. The lowest BCUT2D eigenvalue weighted by atomic mass is 10.0. The van der Waals surface area contributed by atoms with E-state index in [0.29, 0.717) is 10.5 Å². The third-order valence-electron chi connectivity index (χ3n) is 3.05. The van der Waals surface area contributed by atoms with E-state index in [1.54, 1.807) is 0 Å². The van der Waals surface area contributed by atoms with E-state index < -0.39 is 0 Å². The second kappa shape index (κ2) is 7.83. The summed E-state index contributed by atoms with van der Waals surface area (Å²) in [6.07, 6.45) is 5.78. The molecule has 1 rings (SSSR count). The van der Waals surface area contributed by atoms with Crippen molar-refractivity contribution in [2.24, 2.45) is 0 Å². The number of hydrogen-bond donors (Lipinski definition) is 1. The minimum absolute atomic E-state index is 0.187. The molecule has 0 amide bonds. The zero-order chi connectivity index (χ0) is 12.7. The van der Waals surface area contributed by atoms with Gasteiger partial charge in [0.2, 0.25) is 0 Å². The molecule has 1 aromatic rings. The molecular formula is C14H21BrFN. The van der Waals surface area contributed by atoms with Crippen molar-refractivity contribution in [3.05, 3.63) is 34.1 Å². The minimum atomic E-state index is -0.187. The molecular weight excluding hydrogens is 281 g/mol. The Balaban J connectivity index is 2.37. The van der Waals surface area contributed by atoms with E-state index in [1.165, 1.54) is 30.9 Å². The van der Waals surface area contributed by atoms with Gasteiger partial charge in [-0.25, -0.2) is 4.39 Å². The van der Waals surface area contributed by atoms with Gasteiger partial charge >= 0.3 is 0 Å². The molecule has 1 aromatic carbocycles. The van der Waals surface area contributed by atoms with E-state index in [9.17, 15) is 4.39 Å². The number of hydrogen-bond acceptors (Lipinski definition) is 1. The summed E-state index contributed by atoms with van der Waals surface area (Å²) >= 11 is 3.22. The molecule has 0 saturated heterocycles. The Hall–Kier alpha value is -0.410. The van der Waals surface area contributed by atoms with Crippen LogP contribution in [-0.2, 0) is 6.42 Å². The van der Waals surface area contributed by atoms with Crippen molar-refractivity contribution in [1.29, 1.82) is 0 Å². The Morgan fingerprint density at radius 2 is 2.12 bits per heavy atom. The normalized spacial score (nSPS) is 12.7. The first-order valence-electron chi connectivity index (χ1n) is 6.28. The zero-order valence-electron chi connectivity index (χ0n) is 10.6. The summed E-state index contributed by atoms with van der Waals surface area (Å²) < 4.78 is 13.6. The SMILES string of the molecule is CCCC(CCCc1ccc(F)c(Br)c1)NC. The predicted octanol–water partition coefficient (Wildman–Crippen LogP) is 4.30. The summed E-state index contributed by atoms with van der Waals surface area (Å²) in [6.45, 7) is 2.21. The molecule has 3 heteroatoms. The van der Waals surface area contributed by atoms with Crippen LogP contribution in [0.1, 0.15) is 38.2 Å². The fourth-order valence-electron chi connectivity index (χ4n) is 2.03. The summed E-state index contributed by atoms with van der Waals surface area (Å²) in [6, 6.07) is 5.89. The number of aryl methyl sites for hydroxylation is 1. The van der Waals surface area contributed by atoms with Gasteiger partial charge in [0.1, 0.15) is 5.82 Å². The first-order valence-corrected chi connectivity index (χ1v) is 7.07. The van der Waals surface area contributed by atoms with Crippen LogP contribution in [-0.4, -0.2) is 13.1 Å². The molecule has 0 radical (unpaired) electrons. The van der Waals surface area contributed by atoms with Crippen molar-refractivity contribution in [2.75, 3.05) is 7.05 Å². The lowest BCUT2D eigenvalue weighted by molar-refractivity contribution is 0.469. The third kappa shape index (κ3) is 5.17. The summed E-state index contributed by atoms with van der Waals surface area (Å²) in [4.78, 5) is 0. The monoisotopic (exact) mass is 301 g/mol. The molecule has 1 unspecified atom stereocenters. The maximum Gasteiger partial charge on any atom is 0.137 e. The number of nitrogens with one attached hydrogen (secondary N) is 1. The molecule has 17 heavy (non-hydrogen) atoms. The van der Waals surface area contributed by atoms with Gasteiger partial charge in [-0.05, 0) is 66.4 Å². The van der Waals surface area contributed by atoms with Crippen LogP contribution >= 0.6 is 15.9 Å². The van der Waals surface area contributed by atoms with E-state index in [2.05, 4.69) is 28.2 Å². The Morgan fingerprint density at radius 1 is 1.35 bits per heavy atom. The molecule has 0 fully saturated rings. The van der Waals surface area contributed by atoms with Crippen LogP contribution in [0.5, 0.6) is 0 Å². The highest BCUT2D eigenvalue weighted by Crippen LogP contribution is 2.18. The summed E-state index contributed by atoms with van der Waals surface area (Å²) in [5, 5.41) is 3.34. The molecule has 1 atom stereocenters. The predicted molar refractivity (Wildman–Crippen MR) is 74.8 cm³/mol. The molecule has 0 heterocycles. The van der Waals surface area contributed by atoms with Gasteiger partial charge in [-0.1, -0.05) is 19.4 Å². The third-order valence-corrected chi connectivity index (χ3v) is 3.66. The van der Waals surface area contributed by atoms with Crippen molar-refractivity contribution >= 4 is 15.9 Å². The highest BCUT2D eigenvalue weighted by Gasteiger charge is 2.05. The van der Waals surface area contributed by atoms with Crippen LogP contribution in [0.25, 0.3) is 0 Å². The highest BCUT2D eigenvalue weighted by molar-refractivity contribution is 9.10. The second-order valence-corrected chi connectivity index (χ2v) is 5.27. The molecule has 96 valence electrons. The average Bonchev–Trinajstić information content (AvgIpc) is 2.32. The first-order chi connectivity index (χ1) is 8.17. The van der Waals surface area contributed by atoms with Crippen LogP contribution in [0.3, 0.4) is 0 Å². The van der Waals surface area contributed by atoms with Gasteiger partial charge in [-0.2, -0.15) is 0 Å². The number of rotatable bonds is 7. The molecule has 0 spiro atoms. The van der Waals surface area contributed by atoms with E-state index in [1.807, 2.05) is 19.2 Å². The largest absolute Gasteiger partial charge is 0.317 e. The van der Waals surface area contributed by atoms with Gasteiger partial charge in [-0.3, -0.25) is 0 Å². The molecule has 0 bridgehead atoms. The molecule has 1 N–H and O–H groups in total. The molecule has 0 aliphatic rings. The summed E-state index contributed by atoms with van der Waals surface area (Å²) in [5.41, 5.74) is 1.20. The summed E-state index contributed by atoms with van der Waals surface area (Å²) in [7, 11) is 2.02. The van der Waals surface area contributed by atoms with Gasteiger partial charge in [0, 0.05) is 6.04 Å². The Bertz CT molecular complexity index is 341. The van der Waals surface area contributed by atoms with Crippen LogP contribution in [0.4, 0.5) is 4.39 Å². The van der Waals surface area contributed by atoms with E-state index in [0.717, 1.165) is 12.8 Å². The number of benzene rings is 1. The zero-order valence-corrected chi connectivity index (χ0v) is 12.2. The first kappa shape index (κ1) is 14.7. The van der Waals surface area contributed by atoms with Crippen LogP contribution in [0.2, 0.25) is 0 Å². The Labute approximate surface area is 112 Å². The molecule has 0 saturated carbocycles. The Morgan fingerprint density at radius 3 is 2.71 bits per heavy atom. The van der Waals surface area contributed by atoms with Crippen molar-refractivity contribution in [2.45, 2.75) is 45.1 Å². The second-order valence-electron chi connectivity index (χ2n) is 4.41. The van der Waals surface area contributed by atoms with Crippen LogP contribution in [0.15, 0.2) is 22.7 Å². The van der Waals surface area contributed by atoms with E-state index >= 15 is 0 Å². The van der Waals surface area contributed by atoms with Gasteiger partial charge < -0.3 is 5.32 Å². The molecule has 0 aliphatic carbocycles. The van der Waals surface area contributed by atoms with Crippen molar-refractivity contribution < 1.29 is 4.39 Å². The Kier molecular flexibility index (Phi) is 6.75. The van der Waals surface area contributed by atoms with E-state index in [-0.39, 0.29) is 5.82 Å². The van der Waals surface area contributed by atoms with Gasteiger partial charge in [0.15, 0.2) is 0 Å². The highest BCUT2D eigenvalue weighted by atomic mass is 79.9. The van der Waals surface area contributed by atoms with Crippen molar-refractivity contribution in [3.8, 4) is 0 Å². The minimum Gasteiger partial charge on any atom is -0.317 e. The van der Waals surface area contributed by atoms with Gasteiger partial charge in [0.25, 0.3) is 0 Å². The van der Waals surface area contributed by atoms with Crippen molar-refractivity contribution in [3.63, 3.8) is 0 Å². The number of halogens is 2. The van der Waals surface area contributed by atoms with Crippen LogP contribution in [0, 0.1) is 5.82 Å². The standard InChI is InChI=1S/C14H21BrFN/c1-3-5-12(17-2)7-4-6-11-8-9-14(16)13(15)10-11/h8-10,12,17H,3-7H2,1-2H3. The lowest BCUT2D eigenvalue weighted by Gasteiger charge is -2.14. The van der Waals surface area contributed by atoms with Gasteiger partial charge in [-0.15, -0.1) is 0 Å². The molecule has 0 aliphatic heterocycles. The van der Waals surface area contributed by atoms with Gasteiger partial charge in [0.05, 0.1) is 4.47 Å². The molecule has 1 nitrogen and oxygen atoms in total. The molecule has 0 aromatic heterocycles. The maximum absolute atomic E-state index is 13.0. The van der Waals surface area contributed by atoms with E-state index in [4.69, 9.17) is 0 Å². The van der Waals surface area contributed by atoms with Crippen LogP contribution < -0.4 is 5.32 Å². The van der Waals surface area contributed by atoms with Crippen molar-refractivity contribution in [1.82, 2.24) is 5.32 Å². The smallest absolute Gasteiger partial charge is 0.137 e. The fourth-order valence-corrected chi connectivity index (χ4v) is 2.46. The summed E-state index contributed by atoms with van der Waals surface area (Å²) in [5.74, 6) is -0.187. The quantitative estimate of drug-likeness (QED) is 0.792. The maximum atomic E-state index is 13.0. The topological polar surface area (TPSA) is 12.0 Å². The average molecular weight is 302 g/mol. The lowest BCUT2D eigenvalue weighted by Crippen LogP contribution is -2.24.